The van der Waals surface area contributed by atoms with Crippen LogP contribution < -0.4 is 0 Å². The lowest BCUT2D eigenvalue weighted by Gasteiger charge is -2.27. The summed E-state index contributed by atoms with van der Waals surface area (Å²) in [7, 11) is 1.40. The van der Waals surface area contributed by atoms with E-state index < -0.39 is 17.4 Å². The van der Waals surface area contributed by atoms with Crippen molar-refractivity contribution in [2.24, 2.45) is 0 Å². The maximum atomic E-state index is 12.1. The van der Waals surface area contributed by atoms with E-state index in [0.29, 0.717) is 10.8 Å². The van der Waals surface area contributed by atoms with Gasteiger partial charge in [-0.25, -0.2) is 4.79 Å². The number of carboxylic acid groups (broad SMARTS) is 1. The standard InChI is InChI=1S/C13H14ClNO4S/c1-19-6-11(16)15-10(13(17)18)7-20-12(15)8-4-2-3-5-9(8)14/h2-5,10,12H,6-7H2,1H3,(H,17,18). The number of hydrogen-bond donors (Lipinski definition) is 1. The second kappa shape index (κ2) is 6.47. The largest absolute Gasteiger partial charge is 0.480 e. The van der Waals surface area contributed by atoms with Crippen molar-refractivity contribution in [3.05, 3.63) is 34.9 Å². The molecule has 20 heavy (non-hydrogen) atoms. The molecular weight excluding hydrogens is 302 g/mol. The molecule has 1 saturated heterocycles. The van der Waals surface area contributed by atoms with Gasteiger partial charge in [-0.15, -0.1) is 11.8 Å². The average molecular weight is 316 g/mol. The maximum absolute atomic E-state index is 12.1. The number of rotatable bonds is 4. The predicted octanol–water partition coefficient (Wildman–Crippen LogP) is 2.01. The quantitative estimate of drug-likeness (QED) is 0.920. The lowest BCUT2D eigenvalue weighted by molar-refractivity contribution is -0.150. The molecule has 0 aliphatic carbocycles. The number of ether oxygens (including phenoxy) is 1. The van der Waals surface area contributed by atoms with Gasteiger partial charge in [0.25, 0.3) is 0 Å². The summed E-state index contributed by atoms with van der Waals surface area (Å²) in [4.78, 5) is 24.8. The number of aliphatic carboxylic acids is 1. The fraction of sp³-hybridized carbons (Fsp3) is 0.385. The zero-order valence-electron chi connectivity index (χ0n) is 10.8. The maximum Gasteiger partial charge on any atom is 0.327 e. The van der Waals surface area contributed by atoms with Gasteiger partial charge < -0.3 is 14.7 Å². The SMILES string of the molecule is COCC(=O)N1C(C(=O)O)CSC1c1ccccc1Cl. The van der Waals surface area contributed by atoms with Crippen LogP contribution in [0, 0.1) is 0 Å². The van der Waals surface area contributed by atoms with Crippen LogP contribution in [0.2, 0.25) is 5.02 Å². The summed E-state index contributed by atoms with van der Waals surface area (Å²) in [5.41, 5.74) is 0.743. The molecule has 0 aromatic heterocycles. The highest BCUT2D eigenvalue weighted by Gasteiger charge is 2.42. The van der Waals surface area contributed by atoms with E-state index in [1.165, 1.54) is 23.8 Å². The van der Waals surface area contributed by atoms with Gasteiger partial charge in [-0.05, 0) is 6.07 Å². The number of methoxy groups -OCH3 is 1. The van der Waals surface area contributed by atoms with Gasteiger partial charge >= 0.3 is 5.97 Å². The summed E-state index contributed by atoms with van der Waals surface area (Å²) in [5, 5.41) is 9.38. The Labute approximate surface area is 125 Å². The van der Waals surface area contributed by atoms with Crippen molar-refractivity contribution in [3.8, 4) is 0 Å². The highest BCUT2D eigenvalue weighted by Crippen LogP contribution is 2.43. The van der Waals surface area contributed by atoms with Crippen LogP contribution in [-0.2, 0) is 14.3 Å². The monoisotopic (exact) mass is 315 g/mol. The van der Waals surface area contributed by atoms with Gasteiger partial charge in [-0.2, -0.15) is 0 Å². The van der Waals surface area contributed by atoms with Gasteiger partial charge in [-0.3, -0.25) is 4.79 Å². The minimum atomic E-state index is -1.02. The van der Waals surface area contributed by atoms with E-state index in [1.54, 1.807) is 18.2 Å². The summed E-state index contributed by atoms with van der Waals surface area (Å²) in [6.45, 7) is -0.148. The van der Waals surface area contributed by atoms with Crippen molar-refractivity contribution in [2.75, 3.05) is 19.5 Å². The molecule has 5 nitrogen and oxygen atoms in total. The third-order valence-electron chi connectivity index (χ3n) is 3.01. The Morgan fingerprint density at radius 3 is 2.80 bits per heavy atom. The molecule has 108 valence electrons. The van der Waals surface area contributed by atoms with Crippen LogP contribution in [0.4, 0.5) is 0 Å². The van der Waals surface area contributed by atoms with Gasteiger partial charge in [0, 0.05) is 23.4 Å². The third kappa shape index (κ3) is 2.92. The van der Waals surface area contributed by atoms with Gasteiger partial charge in [0.2, 0.25) is 5.91 Å². The summed E-state index contributed by atoms with van der Waals surface area (Å²) in [5.74, 6) is -1.04. The van der Waals surface area contributed by atoms with E-state index in [9.17, 15) is 14.7 Å². The molecule has 0 spiro atoms. The van der Waals surface area contributed by atoms with Crippen LogP contribution in [0.1, 0.15) is 10.9 Å². The van der Waals surface area contributed by atoms with Gasteiger partial charge in [0.1, 0.15) is 18.0 Å². The molecule has 2 atom stereocenters. The number of thioether (sulfide) groups is 1. The van der Waals surface area contributed by atoms with Gasteiger partial charge in [0.05, 0.1) is 0 Å². The fourth-order valence-electron chi connectivity index (χ4n) is 2.11. The second-order valence-electron chi connectivity index (χ2n) is 4.30. The zero-order valence-corrected chi connectivity index (χ0v) is 12.4. The van der Waals surface area contributed by atoms with Crippen molar-refractivity contribution in [3.63, 3.8) is 0 Å². The number of amides is 1. The molecule has 1 N–H and O–H groups in total. The minimum absolute atomic E-state index is 0.148. The summed E-state index contributed by atoms with van der Waals surface area (Å²) in [6.07, 6.45) is 0. The molecule has 1 heterocycles. The lowest BCUT2D eigenvalue weighted by Crippen LogP contribution is -2.44. The number of nitrogens with zero attached hydrogens (tertiary/aromatic N) is 1. The Morgan fingerprint density at radius 1 is 1.50 bits per heavy atom. The van der Waals surface area contributed by atoms with Crippen LogP contribution in [-0.4, -0.2) is 47.4 Å². The molecule has 2 rings (SSSR count). The molecule has 1 aromatic carbocycles. The Hall–Kier alpha value is -1.24. The molecule has 1 amide bonds. The number of carbonyl (C=O) groups is 2. The van der Waals surface area contributed by atoms with E-state index in [0.717, 1.165) is 5.56 Å². The van der Waals surface area contributed by atoms with Crippen LogP contribution in [0.15, 0.2) is 24.3 Å². The first kappa shape index (κ1) is 15.2. The Bertz CT molecular complexity index is 525. The predicted molar refractivity (Wildman–Crippen MR) is 76.8 cm³/mol. The molecule has 0 radical (unpaired) electrons. The van der Waals surface area contributed by atoms with Crippen LogP contribution in [0.5, 0.6) is 0 Å². The van der Waals surface area contributed by atoms with Crippen molar-refractivity contribution in [1.82, 2.24) is 4.90 Å². The van der Waals surface area contributed by atoms with E-state index in [4.69, 9.17) is 16.3 Å². The highest BCUT2D eigenvalue weighted by atomic mass is 35.5. The third-order valence-corrected chi connectivity index (χ3v) is 4.66. The lowest BCUT2D eigenvalue weighted by atomic mass is 10.1. The molecule has 2 unspecified atom stereocenters. The fourth-order valence-corrected chi connectivity index (χ4v) is 3.90. The van der Waals surface area contributed by atoms with Crippen LogP contribution in [0.25, 0.3) is 0 Å². The molecule has 1 aliphatic rings. The van der Waals surface area contributed by atoms with Gasteiger partial charge in [-0.1, -0.05) is 29.8 Å². The number of benzene rings is 1. The van der Waals surface area contributed by atoms with E-state index in [1.807, 2.05) is 6.07 Å². The van der Waals surface area contributed by atoms with Crippen molar-refractivity contribution in [2.45, 2.75) is 11.4 Å². The zero-order chi connectivity index (χ0) is 14.7. The Kier molecular flexibility index (Phi) is 4.91. The molecule has 1 aliphatic heterocycles. The highest BCUT2D eigenvalue weighted by molar-refractivity contribution is 7.99. The van der Waals surface area contributed by atoms with E-state index in [2.05, 4.69) is 0 Å². The normalized spacial score (nSPS) is 22.0. The smallest absolute Gasteiger partial charge is 0.327 e. The number of hydrogen-bond acceptors (Lipinski definition) is 4. The summed E-state index contributed by atoms with van der Waals surface area (Å²) < 4.78 is 4.83. The Balaban J connectivity index is 2.34. The van der Waals surface area contributed by atoms with Crippen molar-refractivity contribution >= 4 is 35.2 Å². The van der Waals surface area contributed by atoms with E-state index >= 15 is 0 Å². The first-order chi connectivity index (χ1) is 9.56. The summed E-state index contributed by atoms with van der Waals surface area (Å²) in [6, 6.07) is 6.28. The van der Waals surface area contributed by atoms with Crippen molar-refractivity contribution in [1.29, 1.82) is 0 Å². The second-order valence-corrected chi connectivity index (χ2v) is 5.82. The molecular formula is C13H14ClNO4S. The molecule has 0 saturated carbocycles. The average Bonchev–Trinajstić information content (AvgIpc) is 2.84. The number of halogens is 1. The first-order valence-corrected chi connectivity index (χ1v) is 7.38. The minimum Gasteiger partial charge on any atom is -0.480 e. The molecule has 0 bridgehead atoms. The molecule has 1 aromatic rings. The van der Waals surface area contributed by atoms with Gasteiger partial charge in [0.15, 0.2) is 0 Å². The van der Waals surface area contributed by atoms with E-state index in [-0.39, 0.29) is 12.5 Å². The number of carboxylic acids is 1. The topological polar surface area (TPSA) is 66.8 Å². The number of carbonyl (C=O) groups excluding carboxylic acids is 1. The molecule has 1 fully saturated rings. The molecule has 7 heteroatoms. The summed E-state index contributed by atoms with van der Waals surface area (Å²) >= 11 is 7.54. The Morgan fingerprint density at radius 2 is 2.20 bits per heavy atom. The first-order valence-electron chi connectivity index (χ1n) is 5.95. The van der Waals surface area contributed by atoms with Crippen LogP contribution >= 0.6 is 23.4 Å². The van der Waals surface area contributed by atoms with Crippen LogP contribution in [0.3, 0.4) is 0 Å². The van der Waals surface area contributed by atoms with Crippen molar-refractivity contribution < 1.29 is 19.4 Å².